The van der Waals surface area contributed by atoms with Gasteiger partial charge in [0, 0.05) is 10.5 Å². The lowest BCUT2D eigenvalue weighted by atomic mass is 9.98. The van der Waals surface area contributed by atoms with E-state index in [1.54, 1.807) is 0 Å². The number of benzene rings is 1. The molecule has 0 spiro atoms. The summed E-state index contributed by atoms with van der Waals surface area (Å²) < 4.78 is 1.18. The predicted octanol–water partition coefficient (Wildman–Crippen LogP) is 4.16. The van der Waals surface area contributed by atoms with Crippen molar-refractivity contribution in [2.24, 2.45) is 5.92 Å². The second kappa shape index (κ2) is 6.55. The molecule has 0 aromatic heterocycles. The van der Waals surface area contributed by atoms with Crippen molar-refractivity contribution in [1.29, 1.82) is 0 Å². The highest BCUT2D eigenvalue weighted by molar-refractivity contribution is 9.10. The molecule has 0 radical (unpaired) electrons. The Bertz CT molecular complexity index is 333. The first kappa shape index (κ1) is 13.1. The van der Waals surface area contributed by atoms with Gasteiger partial charge in [-0.25, -0.2) is 0 Å². The largest absolute Gasteiger partial charge is 0.314 e. The van der Waals surface area contributed by atoms with Gasteiger partial charge in [0.15, 0.2) is 0 Å². The molecule has 2 heteroatoms. The Hall–Kier alpha value is -0.340. The van der Waals surface area contributed by atoms with Crippen LogP contribution in [0.5, 0.6) is 0 Å². The van der Waals surface area contributed by atoms with E-state index in [0.717, 1.165) is 12.0 Å². The zero-order chi connectivity index (χ0) is 12.1. The van der Waals surface area contributed by atoms with Crippen molar-refractivity contribution in [3.8, 4) is 0 Å². The minimum Gasteiger partial charge on any atom is -0.314 e. The summed E-state index contributed by atoms with van der Waals surface area (Å²) in [6.07, 6.45) is 6.60. The molecule has 1 saturated carbocycles. The van der Waals surface area contributed by atoms with Crippen LogP contribution in [0.25, 0.3) is 0 Å². The smallest absolute Gasteiger partial charge is 0.0175 e. The molecule has 1 nitrogen and oxygen atoms in total. The van der Waals surface area contributed by atoms with E-state index in [0.29, 0.717) is 0 Å². The van der Waals surface area contributed by atoms with Gasteiger partial charge in [-0.1, -0.05) is 35.0 Å². The Balaban J connectivity index is 1.79. The molecule has 2 rings (SSSR count). The van der Waals surface area contributed by atoms with Gasteiger partial charge in [-0.3, -0.25) is 0 Å². The van der Waals surface area contributed by atoms with Gasteiger partial charge in [-0.15, -0.1) is 0 Å². The number of halogens is 1. The predicted molar refractivity (Wildman–Crippen MR) is 77.3 cm³/mol. The molecule has 1 aromatic carbocycles. The van der Waals surface area contributed by atoms with Crippen LogP contribution in [-0.2, 0) is 6.42 Å². The van der Waals surface area contributed by atoms with Crippen molar-refractivity contribution in [2.75, 3.05) is 6.54 Å². The normalized spacial score (nSPS) is 24.1. The monoisotopic (exact) mass is 295 g/mol. The molecule has 1 aromatic rings. The molecular formula is C15H22BrN. The van der Waals surface area contributed by atoms with Crippen molar-refractivity contribution in [3.63, 3.8) is 0 Å². The molecule has 0 amide bonds. The van der Waals surface area contributed by atoms with Crippen LogP contribution in [0.2, 0.25) is 0 Å². The van der Waals surface area contributed by atoms with Crippen molar-refractivity contribution < 1.29 is 0 Å². The Morgan fingerprint density at radius 3 is 2.71 bits per heavy atom. The fraction of sp³-hybridized carbons (Fsp3) is 0.600. The second-order valence-corrected chi connectivity index (χ2v) is 6.08. The van der Waals surface area contributed by atoms with Crippen molar-refractivity contribution in [2.45, 2.75) is 45.1 Å². The first-order chi connectivity index (χ1) is 8.28. The summed E-state index contributed by atoms with van der Waals surface area (Å²) in [7, 11) is 0. The lowest BCUT2D eigenvalue weighted by Gasteiger charge is -2.12. The van der Waals surface area contributed by atoms with E-state index in [9.17, 15) is 0 Å². The van der Waals surface area contributed by atoms with Crippen molar-refractivity contribution in [3.05, 3.63) is 34.3 Å². The van der Waals surface area contributed by atoms with Gasteiger partial charge < -0.3 is 5.32 Å². The first-order valence-corrected chi connectivity index (χ1v) is 7.55. The molecule has 1 aliphatic rings. The average molecular weight is 296 g/mol. The van der Waals surface area contributed by atoms with Crippen LogP contribution in [0, 0.1) is 5.92 Å². The Labute approximate surface area is 113 Å². The molecule has 0 bridgehead atoms. The standard InChI is InChI=1S/C15H22BrN/c1-2-9-17-15-8-5-13(11-15)10-12-3-6-14(16)7-4-12/h3-4,6-7,13,15,17H,2,5,8-11H2,1H3. The van der Waals surface area contributed by atoms with E-state index in [1.165, 1.54) is 48.7 Å². The Morgan fingerprint density at radius 1 is 1.24 bits per heavy atom. The number of hydrogen-bond donors (Lipinski definition) is 1. The van der Waals surface area contributed by atoms with Crippen LogP contribution in [0.15, 0.2) is 28.7 Å². The van der Waals surface area contributed by atoms with Crippen molar-refractivity contribution >= 4 is 15.9 Å². The fourth-order valence-corrected chi connectivity index (χ4v) is 3.01. The third-order valence-electron chi connectivity index (χ3n) is 3.66. The summed E-state index contributed by atoms with van der Waals surface area (Å²) in [5, 5.41) is 3.65. The van der Waals surface area contributed by atoms with E-state index in [4.69, 9.17) is 0 Å². The highest BCUT2D eigenvalue weighted by Gasteiger charge is 2.23. The summed E-state index contributed by atoms with van der Waals surface area (Å²) in [6.45, 7) is 3.41. The van der Waals surface area contributed by atoms with E-state index in [2.05, 4.69) is 52.4 Å². The van der Waals surface area contributed by atoms with E-state index >= 15 is 0 Å². The van der Waals surface area contributed by atoms with E-state index < -0.39 is 0 Å². The van der Waals surface area contributed by atoms with Crippen LogP contribution in [0.3, 0.4) is 0 Å². The van der Waals surface area contributed by atoms with Gasteiger partial charge in [0.25, 0.3) is 0 Å². The molecule has 0 saturated heterocycles. The number of hydrogen-bond acceptors (Lipinski definition) is 1. The molecule has 1 aliphatic carbocycles. The molecular weight excluding hydrogens is 274 g/mol. The highest BCUT2D eigenvalue weighted by atomic mass is 79.9. The third kappa shape index (κ3) is 4.11. The number of nitrogens with one attached hydrogen (secondary N) is 1. The molecule has 1 N–H and O–H groups in total. The third-order valence-corrected chi connectivity index (χ3v) is 4.19. The second-order valence-electron chi connectivity index (χ2n) is 5.16. The molecule has 2 unspecified atom stereocenters. The van der Waals surface area contributed by atoms with Crippen LogP contribution in [0.4, 0.5) is 0 Å². The van der Waals surface area contributed by atoms with Gasteiger partial charge in [-0.2, -0.15) is 0 Å². The lowest BCUT2D eigenvalue weighted by Crippen LogP contribution is -2.27. The molecule has 17 heavy (non-hydrogen) atoms. The SMILES string of the molecule is CCCNC1CCC(Cc2ccc(Br)cc2)C1. The van der Waals surface area contributed by atoms with Crippen LogP contribution < -0.4 is 5.32 Å². The summed E-state index contributed by atoms with van der Waals surface area (Å²) in [6, 6.07) is 9.57. The quantitative estimate of drug-likeness (QED) is 0.860. The molecule has 94 valence electrons. The van der Waals surface area contributed by atoms with E-state index in [1.807, 2.05) is 0 Å². The van der Waals surface area contributed by atoms with Gasteiger partial charge >= 0.3 is 0 Å². The minimum absolute atomic E-state index is 0.774. The first-order valence-electron chi connectivity index (χ1n) is 6.75. The molecule has 1 fully saturated rings. The minimum atomic E-state index is 0.774. The molecule has 2 atom stereocenters. The van der Waals surface area contributed by atoms with E-state index in [-0.39, 0.29) is 0 Å². The van der Waals surface area contributed by atoms with Crippen LogP contribution >= 0.6 is 15.9 Å². The van der Waals surface area contributed by atoms with Gasteiger partial charge in [0.05, 0.1) is 0 Å². The van der Waals surface area contributed by atoms with Crippen LogP contribution in [-0.4, -0.2) is 12.6 Å². The zero-order valence-corrected chi connectivity index (χ0v) is 12.2. The Morgan fingerprint density at radius 2 is 2.00 bits per heavy atom. The van der Waals surface area contributed by atoms with Gasteiger partial charge in [-0.05, 0) is 62.3 Å². The molecule has 0 heterocycles. The maximum Gasteiger partial charge on any atom is 0.0175 e. The summed E-state index contributed by atoms with van der Waals surface area (Å²) in [5.41, 5.74) is 1.48. The van der Waals surface area contributed by atoms with Gasteiger partial charge in [0.2, 0.25) is 0 Å². The lowest BCUT2D eigenvalue weighted by molar-refractivity contribution is 0.484. The highest BCUT2D eigenvalue weighted by Crippen LogP contribution is 2.29. The number of rotatable bonds is 5. The topological polar surface area (TPSA) is 12.0 Å². The average Bonchev–Trinajstić information content (AvgIpc) is 2.77. The summed E-state index contributed by atoms with van der Waals surface area (Å²) in [5.74, 6) is 0.880. The zero-order valence-electron chi connectivity index (χ0n) is 10.6. The summed E-state index contributed by atoms with van der Waals surface area (Å²) >= 11 is 3.49. The maximum atomic E-state index is 3.65. The molecule has 0 aliphatic heterocycles. The Kier molecular flexibility index (Phi) is 5.05. The fourth-order valence-electron chi connectivity index (χ4n) is 2.75. The summed E-state index contributed by atoms with van der Waals surface area (Å²) in [4.78, 5) is 0. The van der Waals surface area contributed by atoms with Crippen LogP contribution in [0.1, 0.15) is 38.2 Å². The maximum absolute atomic E-state index is 3.65. The van der Waals surface area contributed by atoms with Gasteiger partial charge in [0.1, 0.15) is 0 Å². The van der Waals surface area contributed by atoms with Crippen molar-refractivity contribution in [1.82, 2.24) is 5.32 Å².